The minimum absolute atomic E-state index is 0. The maximum Gasteiger partial charge on any atom is 0.220 e. The van der Waals surface area contributed by atoms with E-state index in [1.807, 2.05) is 0 Å². The Balaban J connectivity index is 0.00000242. The van der Waals surface area contributed by atoms with E-state index in [-0.39, 0.29) is 29.8 Å². The second-order valence-electron chi connectivity index (χ2n) is 7.29. The summed E-state index contributed by atoms with van der Waals surface area (Å²) in [6, 6.07) is 0.276. The molecule has 2 N–H and O–H groups in total. The molecule has 2 aliphatic rings. The molecule has 0 spiro atoms. The molecule has 1 amide bonds. The van der Waals surface area contributed by atoms with Gasteiger partial charge in [-0.3, -0.25) is 4.79 Å². The second-order valence-corrected chi connectivity index (χ2v) is 7.29. The lowest BCUT2D eigenvalue weighted by molar-refractivity contribution is -0.138. The number of unbranched alkanes of at least 4 members (excludes halogenated alkanes) is 1. The lowest BCUT2D eigenvalue weighted by Crippen LogP contribution is -2.62. The van der Waals surface area contributed by atoms with Crippen LogP contribution in [-0.2, 0) is 9.53 Å². The summed E-state index contributed by atoms with van der Waals surface area (Å²) >= 11 is 0. The van der Waals surface area contributed by atoms with Crippen LogP contribution in [0, 0.1) is 11.3 Å². The van der Waals surface area contributed by atoms with E-state index in [9.17, 15) is 4.79 Å². The Morgan fingerprint density at radius 3 is 2.77 bits per heavy atom. The number of rotatable bonds is 8. The van der Waals surface area contributed by atoms with Crippen molar-refractivity contribution in [2.45, 2.75) is 71.4 Å². The van der Waals surface area contributed by atoms with Crippen molar-refractivity contribution >= 4 is 18.3 Å². The molecule has 5 heteroatoms. The number of ether oxygens (including phenoxy) is 1. The van der Waals surface area contributed by atoms with Crippen molar-refractivity contribution in [1.82, 2.24) is 10.6 Å². The van der Waals surface area contributed by atoms with Gasteiger partial charge in [-0.1, -0.05) is 27.2 Å². The van der Waals surface area contributed by atoms with Gasteiger partial charge in [-0.15, -0.1) is 12.4 Å². The average Bonchev–Trinajstić information content (AvgIpc) is 2.96. The smallest absolute Gasteiger partial charge is 0.220 e. The normalized spacial score (nSPS) is 29.5. The molecule has 2 fully saturated rings. The van der Waals surface area contributed by atoms with Crippen molar-refractivity contribution in [3.05, 3.63) is 0 Å². The summed E-state index contributed by atoms with van der Waals surface area (Å²) in [7, 11) is 0. The van der Waals surface area contributed by atoms with E-state index >= 15 is 0 Å². The van der Waals surface area contributed by atoms with Gasteiger partial charge in [0.15, 0.2) is 0 Å². The summed E-state index contributed by atoms with van der Waals surface area (Å²) in [4.78, 5) is 12.1. The summed E-state index contributed by atoms with van der Waals surface area (Å²) in [6.07, 6.45) is 6.46. The number of nitrogens with one attached hydrogen (secondary N) is 2. The quantitative estimate of drug-likeness (QED) is 0.672. The zero-order chi connectivity index (χ0) is 15.3. The van der Waals surface area contributed by atoms with Crippen molar-refractivity contribution in [3.8, 4) is 0 Å². The number of carbonyl (C=O) groups excluding carboxylic acids is 1. The van der Waals surface area contributed by atoms with E-state index < -0.39 is 0 Å². The SMILES string of the molecule is CCCCOC1CC(NC(=O)CCC2CCNC2)C1(C)C.Cl. The molecule has 1 aliphatic carbocycles. The molecular formula is C17H33ClN2O2. The molecular weight excluding hydrogens is 300 g/mol. The fourth-order valence-electron chi connectivity index (χ4n) is 3.35. The van der Waals surface area contributed by atoms with Crippen LogP contribution in [-0.4, -0.2) is 37.7 Å². The topological polar surface area (TPSA) is 50.4 Å². The number of carbonyl (C=O) groups is 1. The summed E-state index contributed by atoms with van der Waals surface area (Å²) < 4.78 is 5.93. The van der Waals surface area contributed by atoms with Crippen molar-refractivity contribution in [2.24, 2.45) is 11.3 Å². The highest BCUT2D eigenvalue weighted by atomic mass is 35.5. The van der Waals surface area contributed by atoms with Crippen LogP contribution in [0.3, 0.4) is 0 Å². The molecule has 130 valence electrons. The molecule has 3 atom stereocenters. The Hall–Kier alpha value is -0.320. The third-order valence-corrected chi connectivity index (χ3v) is 5.27. The highest BCUT2D eigenvalue weighted by Gasteiger charge is 2.49. The third kappa shape index (κ3) is 5.10. The van der Waals surface area contributed by atoms with Crippen LogP contribution >= 0.6 is 12.4 Å². The zero-order valence-electron chi connectivity index (χ0n) is 14.3. The Bertz CT molecular complexity index is 344. The van der Waals surface area contributed by atoms with Crippen LogP contribution in [0.2, 0.25) is 0 Å². The zero-order valence-corrected chi connectivity index (χ0v) is 15.1. The molecule has 4 nitrogen and oxygen atoms in total. The number of hydrogen-bond donors (Lipinski definition) is 2. The predicted octanol–water partition coefficient (Wildman–Crippen LogP) is 2.90. The summed E-state index contributed by atoms with van der Waals surface area (Å²) in [5.41, 5.74) is 0.0678. The van der Waals surface area contributed by atoms with Gasteiger partial charge in [0.05, 0.1) is 6.10 Å². The molecule has 1 aliphatic heterocycles. The highest BCUT2D eigenvalue weighted by molar-refractivity contribution is 5.85. The monoisotopic (exact) mass is 332 g/mol. The largest absolute Gasteiger partial charge is 0.378 e. The van der Waals surface area contributed by atoms with E-state index in [1.165, 1.54) is 12.8 Å². The molecule has 0 radical (unpaired) electrons. The molecule has 1 heterocycles. The molecule has 2 rings (SSSR count). The summed E-state index contributed by atoms with van der Waals surface area (Å²) in [6.45, 7) is 9.63. The highest BCUT2D eigenvalue weighted by Crippen LogP contribution is 2.42. The maximum absolute atomic E-state index is 12.1. The number of amides is 1. The van der Waals surface area contributed by atoms with Crippen molar-refractivity contribution in [3.63, 3.8) is 0 Å². The molecule has 0 aromatic heterocycles. The first-order chi connectivity index (χ1) is 10.0. The van der Waals surface area contributed by atoms with Crippen LogP contribution in [0.1, 0.15) is 59.3 Å². The lowest BCUT2D eigenvalue weighted by atomic mass is 9.64. The van der Waals surface area contributed by atoms with E-state index in [2.05, 4.69) is 31.4 Å². The van der Waals surface area contributed by atoms with Crippen molar-refractivity contribution in [1.29, 1.82) is 0 Å². The molecule has 1 saturated carbocycles. The molecule has 1 saturated heterocycles. The maximum atomic E-state index is 12.1. The lowest BCUT2D eigenvalue weighted by Gasteiger charge is -2.51. The molecule has 3 unspecified atom stereocenters. The molecule has 22 heavy (non-hydrogen) atoms. The van der Waals surface area contributed by atoms with E-state index in [0.29, 0.717) is 18.4 Å². The summed E-state index contributed by atoms with van der Waals surface area (Å²) in [5, 5.41) is 6.57. The van der Waals surface area contributed by atoms with Crippen LogP contribution in [0.15, 0.2) is 0 Å². The molecule has 0 aromatic rings. The van der Waals surface area contributed by atoms with E-state index in [1.54, 1.807) is 0 Å². The molecule has 0 aromatic carbocycles. The van der Waals surface area contributed by atoms with Gasteiger partial charge in [0.25, 0.3) is 0 Å². The Morgan fingerprint density at radius 1 is 1.41 bits per heavy atom. The van der Waals surface area contributed by atoms with Gasteiger partial charge >= 0.3 is 0 Å². The van der Waals surface area contributed by atoms with Crippen molar-refractivity contribution < 1.29 is 9.53 Å². The minimum atomic E-state index is 0. The van der Waals surface area contributed by atoms with Crippen LogP contribution in [0.25, 0.3) is 0 Å². The standard InChI is InChI=1S/C17H32N2O2.ClH/c1-4-5-10-21-15-11-14(17(15,2)3)19-16(20)7-6-13-8-9-18-12-13;/h13-15,18H,4-12H2,1-3H3,(H,19,20);1H. The van der Waals surface area contributed by atoms with Gasteiger partial charge in [-0.25, -0.2) is 0 Å². The third-order valence-electron chi connectivity index (χ3n) is 5.27. The minimum Gasteiger partial charge on any atom is -0.378 e. The first-order valence-corrected chi connectivity index (χ1v) is 8.65. The Labute approximate surface area is 141 Å². The van der Waals surface area contributed by atoms with Gasteiger partial charge in [0.2, 0.25) is 5.91 Å². The van der Waals surface area contributed by atoms with Crippen molar-refractivity contribution in [2.75, 3.05) is 19.7 Å². The Morgan fingerprint density at radius 2 is 2.18 bits per heavy atom. The van der Waals surface area contributed by atoms with Crippen LogP contribution in [0.5, 0.6) is 0 Å². The fraction of sp³-hybridized carbons (Fsp3) is 0.941. The van der Waals surface area contributed by atoms with Crippen LogP contribution in [0.4, 0.5) is 0 Å². The molecule has 0 bridgehead atoms. The van der Waals surface area contributed by atoms with E-state index in [4.69, 9.17) is 4.74 Å². The second kappa shape index (κ2) is 9.09. The van der Waals surface area contributed by atoms with Gasteiger partial charge in [-0.05, 0) is 44.7 Å². The van der Waals surface area contributed by atoms with Gasteiger partial charge in [0.1, 0.15) is 0 Å². The number of hydrogen-bond acceptors (Lipinski definition) is 3. The van der Waals surface area contributed by atoms with Gasteiger partial charge < -0.3 is 15.4 Å². The fourth-order valence-corrected chi connectivity index (χ4v) is 3.35. The van der Waals surface area contributed by atoms with Gasteiger partial charge in [-0.2, -0.15) is 0 Å². The average molecular weight is 333 g/mol. The van der Waals surface area contributed by atoms with Crippen LogP contribution < -0.4 is 10.6 Å². The predicted molar refractivity (Wildman–Crippen MR) is 92.4 cm³/mol. The first kappa shape index (κ1) is 19.7. The summed E-state index contributed by atoms with van der Waals surface area (Å²) in [5.74, 6) is 0.905. The first-order valence-electron chi connectivity index (χ1n) is 8.65. The number of halogens is 1. The Kier molecular flexibility index (Phi) is 8.15. The van der Waals surface area contributed by atoms with E-state index in [0.717, 1.165) is 39.0 Å². The van der Waals surface area contributed by atoms with Gasteiger partial charge in [0, 0.05) is 24.5 Å².